The predicted octanol–water partition coefficient (Wildman–Crippen LogP) is 3.77. The second-order valence-corrected chi connectivity index (χ2v) is 12.6. The van der Waals surface area contributed by atoms with Crippen molar-refractivity contribution in [3.63, 3.8) is 0 Å². The number of hydrogen-bond donors (Lipinski definition) is 4. The Morgan fingerprint density at radius 2 is 1.59 bits per heavy atom. The Morgan fingerprint density at radius 3 is 2.25 bits per heavy atom. The van der Waals surface area contributed by atoms with Gasteiger partial charge in [-0.3, -0.25) is 4.79 Å². The summed E-state index contributed by atoms with van der Waals surface area (Å²) < 4.78 is 0. The van der Waals surface area contributed by atoms with E-state index in [1.54, 1.807) is 0 Å². The van der Waals surface area contributed by atoms with Gasteiger partial charge in [-0.25, -0.2) is 0 Å². The third-order valence-electron chi connectivity index (χ3n) is 10.5. The maximum absolute atomic E-state index is 13.3. The maximum atomic E-state index is 13.3. The van der Waals surface area contributed by atoms with E-state index >= 15 is 0 Å². The SMILES string of the molecule is CC(C)CCC[C@@H](C)[C@H]1CC[C@@]2(O)C3=CC(=O)[C@]4(O)C[C@@H](O)[C@@H](O)C[C@]4(C)[C@H]3CC[C@]12C. The highest BCUT2D eigenvalue weighted by molar-refractivity contribution is 6.00. The van der Waals surface area contributed by atoms with E-state index in [1.807, 2.05) is 6.92 Å². The van der Waals surface area contributed by atoms with Gasteiger partial charge in [-0.2, -0.15) is 0 Å². The van der Waals surface area contributed by atoms with Crippen molar-refractivity contribution in [3.05, 3.63) is 11.6 Å². The lowest BCUT2D eigenvalue weighted by atomic mass is 9.44. The van der Waals surface area contributed by atoms with Crippen LogP contribution in [0.1, 0.15) is 92.4 Å². The first-order valence-electron chi connectivity index (χ1n) is 12.9. The Balaban J connectivity index is 1.66. The summed E-state index contributed by atoms with van der Waals surface area (Å²) in [6, 6.07) is 0. The molecule has 4 N–H and O–H groups in total. The molecule has 0 aromatic carbocycles. The number of ketones is 1. The van der Waals surface area contributed by atoms with Crippen molar-refractivity contribution < 1.29 is 25.2 Å². The van der Waals surface area contributed by atoms with Gasteiger partial charge in [-0.05, 0) is 67.4 Å². The molecule has 5 heteroatoms. The fourth-order valence-corrected chi connectivity index (χ4v) is 8.36. The maximum Gasteiger partial charge on any atom is 0.187 e. The highest BCUT2D eigenvalue weighted by Crippen LogP contribution is 2.68. The number of aliphatic hydroxyl groups is 4. The molecule has 0 aliphatic heterocycles. The highest BCUT2D eigenvalue weighted by atomic mass is 16.3. The molecule has 32 heavy (non-hydrogen) atoms. The van der Waals surface area contributed by atoms with Crippen molar-refractivity contribution in [2.75, 3.05) is 0 Å². The summed E-state index contributed by atoms with van der Waals surface area (Å²) in [6.45, 7) is 10.9. The van der Waals surface area contributed by atoms with Gasteiger partial charge in [0.25, 0.3) is 0 Å². The number of rotatable bonds is 5. The van der Waals surface area contributed by atoms with Crippen molar-refractivity contribution in [1.29, 1.82) is 0 Å². The third kappa shape index (κ3) is 3.21. The molecule has 182 valence electrons. The van der Waals surface area contributed by atoms with Crippen LogP contribution in [0.4, 0.5) is 0 Å². The molecule has 3 fully saturated rings. The van der Waals surface area contributed by atoms with Crippen LogP contribution in [0.3, 0.4) is 0 Å². The summed E-state index contributed by atoms with van der Waals surface area (Å²) in [5, 5.41) is 44.4. The van der Waals surface area contributed by atoms with Crippen LogP contribution >= 0.6 is 0 Å². The molecule has 0 heterocycles. The molecule has 9 atom stereocenters. The molecule has 4 aliphatic carbocycles. The molecule has 4 aliphatic rings. The Kier molecular flexibility index (Phi) is 6.02. The summed E-state index contributed by atoms with van der Waals surface area (Å²) in [5.41, 5.74) is -3.13. The summed E-state index contributed by atoms with van der Waals surface area (Å²) >= 11 is 0. The standard InChI is InChI=1S/C27H44O5/c1-16(2)7-6-8-17(3)18-10-12-26(31)20-13-23(30)27(32)15-22(29)21(28)14-25(27,5)19(20)9-11-24(18,26)4/h13,16-19,21-22,28-29,31-32H,6-12,14-15H2,1-5H3/t17-,18-,19+,21+,22-,24-,25-,26-,27-/m1/s1. The zero-order chi connectivity index (χ0) is 23.7. The minimum absolute atomic E-state index is 0.144. The third-order valence-corrected chi connectivity index (χ3v) is 10.5. The van der Waals surface area contributed by atoms with Crippen molar-refractivity contribution in [2.45, 2.75) is 116 Å². The molecule has 0 aromatic heterocycles. The monoisotopic (exact) mass is 448 g/mol. The summed E-state index contributed by atoms with van der Waals surface area (Å²) in [5.74, 6) is 1.05. The number of hydrogen-bond acceptors (Lipinski definition) is 5. The minimum Gasteiger partial charge on any atom is -0.390 e. The van der Waals surface area contributed by atoms with Gasteiger partial charge in [0.15, 0.2) is 5.78 Å². The number of fused-ring (bicyclic) bond motifs is 5. The van der Waals surface area contributed by atoms with Crippen LogP contribution in [0, 0.1) is 34.5 Å². The van der Waals surface area contributed by atoms with Gasteiger partial charge >= 0.3 is 0 Å². The van der Waals surface area contributed by atoms with Gasteiger partial charge in [-0.1, -0.05) is 53.9 Å². The van der Waals surface area contributed by atoms with E-state index < -0.39 is 34.6 Å². The highest BCUT2D eigenvalue weighted by Gasteiger charge is 2.70. The first kappa shape index (κ1) is 24.4. The first-order chi connectivity index (χ1) is 14.8. The number of carbonyl (C=O) groups is 1. The minimum atomic E-state index is -1.69. The second-order valence-electron chi connectivity index (χ2n) is 12.6. The average Bonchev–Trinajstić information content (AvgIpc) is 2.97. The Morgan fingerprint density at radius 1 is 0.938 bits per heavy atom. The van der Waals surface area contributed by atoms with Crippen molar-refractivity contribution >= 4 is 5.78 Å². The van der Waals surface area contributed by atoms with E-state index in [0.717, 1.165) is 31.3 Å². The number of aliphatic hydroxyl groups excluding tert-OH is 2. The molecule has 5 nitrogen and oxygen atoms in total. The van der Waals surface area contributed by atoms with E-state index in [1.165, 1.54) is 18.9 Å². The van der Waals surface area contributed by atoms with Crippen molar-refractivity contribution in [2.24, 2.45) is 34.5 Å². The Hall–Kier alpha value is -0.750. The molecule has 3 saturated carbocycles. The molecule has 0 bridgehead atoms. The topological polar surface area (TPSA) is 98.0 Å². The van der Waals surface area contributed by atoms with Crippen LogP contribution in [0.5, 0.6) is 0 Å². The van der Waals surface area contributed by atoms with Crippen LogP contribution in [-0.2, 0) is 4.79 Å². The summed E-state index contributed by atoms with van der Waals surface area (Å²) in [6.07, 6.45) is 6.32. The largest absolute Gasteiger partial charge is 0.390 e. The zero-order valence-electron chi connectivity index (χ0n) is 20.6. The van der Waals surface area contributed by atoms with Gasteiger partial charge in [0, 0.05) is 17.3 Å². The normalized spacial score (nSPS) is 49.3. The molecular formula is C27H44O5. The summed E-state index contributed by atoms with van der Waals surface area (Å²) in [7, 11) is 0. The van der Waals surface area contributed by atoms with E-state index in [-0.39, 0.29) is 24.2 Å². The second kappa shape index (κ2) is 7.90. The first-order valence-corrected chi connectivity index (χ1v) is 12.9. The molecular weight excluding hydrogens is 404 g/mol. The molecule has 0 unspecified atom stereocenters. The lowest BCUT2D eigenvalue weighted by Gasteiger charge is -2.62. The van der Waals surface area contributed by atoms with Gasteiger partial charge in [0.2, 0.25) is 0 Å². The van der Waals surface area contributed by atoms with Crippen LogP contribution in [0.25, 0.3) is 0 Å². The number of carbonyl (C=O) groups excluding carboxylic acids is 1. The molecule has 0 radical (unpaired) electrons. The van der Waals surface area contributed by atoms with E-state index in [4.69, 9.17) is 0 Å². The zero-order valence-corrected chi connectivity index (χ0v) is 20.6. The van der Waals surface area contributed by atoms with Gasteiger partial charge in [0.1, 0.15) is 5.60 Å². The van der Waals surface area contributed by atoms with Crippen molar-refractivity contribution in [1.82, 2.24) is 0 Å². The van der Waals surface area contributed by atoms with Crippen LogP contribution in [0.15, 0.2) is 11.6 Å². The van der Waals surface area contributed by atoms with Crippen LogP contribution < -0.4 is 0 Å². The molecule has 0 saturated heterocycles. The van der Waals surface area contributed by atoms with E-state index in [2.05, 4.69) is 27.7 Å². The Bertz CT molecular complexity index is 791. The summed E-state index contributed by atoms with van der Waals surface area (Å²) in [4.78, 5) is 13.3. The van der Waals surface area contributed by atoms with Crippen LogP contribution in [0.2, 0.25) is 0 Å². The molecule has 0 amide bonds. The fraction of sp³-hybridized carbons (Fsp3) is 0.889. The van der Waals surface area contributed by atoms with Crippen LogP contribution in [-0.4, -0.2) is 49.6 Å². The average molecular weight is 449 g/mol. The van der Waals surface area contributed by atoms with Gasteiger partial charge in [0.05, 0.1) is 17.8 Å². The molecule has 0 aromatic rings. The van der Waals surface area contributed by atoms with E-state index in [0.29, 0.717) is 24.2 Å². The molecule has 4 rings (SSSR count). The molecule has 0 spiro atoms. The van der Waals surface area contributed by atoms with Crippen molar-refractivity contribution in [3.8, 4) is 0 Å². The fourth-order valence-electron chi connectivity index (χ4n) is 8.36. The lowest BCUT2D eigenvalue weighted by molar-refractivity contribution is -0.207. The predicted molar refractivity (Wildman–Crippen MR) is 124 cm³/mol. The quantitative estimate of drug-likeness (QED) is 0.513. The Labute approximate surface area is 193 Å². The lowest BCUT2D eigenvalue weighted by Crippen LogP contribution is -2.68. The van der Waals surface area contributed by atoms with E-state index in [9.17, 15) is 25.2 Å². The smallest absolute Gasteiger partial charge is 0.187 e. The van der Waals surface area contributed by atoms with Gasteiger partial charge in [-0.15, -0.1) is 0 Å². The van der Waals surface area contributed by atoms with Gasteiger partial charge < -0.3 is 20.4 Å².